The highest BCUT2D eigenvalue weighted by Gasteiger charge is 2.35. The molecule has 88 valence electrons. The minimum atomic E-state index is -3.18. The Labute approximate surface area is 95.0 Å². The Kier molecular flexibility index (Phi) is 2.67. The number of hydrogen-bond acceptors (Lipinski definition) is 4. The van der Waals surface area contributed by atoms with Crippen LogP contribution in [0, 0.1) is 0 Å². The van der Waals surface area contributed by atoms with Crippen molar-refractivity contribution in [2.75, 3.05) is 5.75 Å². The molecule has 1 aromatic carbocycles. The van der Waals surface area contributed by atoms with Crippen molar-refractivity contribution in [3.8, 4) is 5.75 Å². The zero-order valence-corrected chi connectivity index (χ0v) is 9.87. The smallest absolute Gasteiger partial charge is 0.179 e. The maximum Gasteiger partial charge on any atom is 0.179 e. The minimum absolute atomic E-state index is 0.0477. The lowest BCUT2D eigenvalue weighted by atomic mass is 9.95. The molecule has 1 heterocycles. The quantitative estimate of drug-likeness (QED) is 0.809. The number of benzene rings is 1. The number of phenolic OH excluding ortho intramolecular Hbond substituents is 1. The fraction of sp³-hybridized carbons (Fsp3) is 0.455. The second kappa shape index (κ2) is 3.75. The van der Waals surface area contributed by atoms with Crippen molar-refractivity contribution in [3.63, 3.8) is 0 Å². The van der Waals surface area contributed by atoms with Crippen LogP contribution in [0.3, 0.4) is 0 Å². The van der Waals surface area contributed by atoms with Crippen molar-refractivity contribution in [2.45, 2.75) is 30.2 Å². The van der Waals surface area contributed by atoms with E-state index < -0.39 is 9.84 Å². The molecule has 2 unspecified atom stereocenters. The lowest BCUT2D eigenvalue weighted by Gasteiger charge is -2.12. The van der Waals surface area contributed by atoms with Crippen LogP contribution in [-0.2, 0) is 9.84 Å². The second-order valence-corrected chi connectivity index (χ2v) is 6.42. The van der Waals surface area contributed by atoms with Gasteiger partial charge in [0.15, 0.2) is 9.84 Å². The molecule has 0 bridgehead atoms. The van der Waals surface area contributed by atoms with Gasteiger partial charge in [-0.3, -0.25) is 0 Å². The Hall–Kier alpha value is -1.07. The van der Waals surface area contributed by atoms with Crippen LogP contribution in [0.1, 0.15) is 24.8 Å². The van der Waals surface area contributed by atoms with Crippen molar-refractivity contribution < 1.29 is 13.5 Å². The summed E-state index contributed by atoms with van der Waals surface area (Å²) >= 11 is 0. The molecule has 5 heteroatoms. The van der Waals surface area contributed by atoms with Crippen molar-refractivity contribution in [1.29, 1.82) is 0 Å². The van der Waals surface area contributed by atoms with Gasteiger partial charge >= 0.3 is 0 Å². The van der Waals surface area contributed by atoms with Crippen LogP contribution < -0.4 is 5.73 Å². The molecule has 3 N–H and O–H groups in total. The molecule has 1 aromatic rings. The summed E-state index contributed by atoms with van der Waals surface area (Å²) in [5.74, 6) is 0.116. The predicted octanol–water partition coefficient (Wildman–Crippen LogP) is 1.00. The first-order chi connectivity index (χ1) is 7.40. The number of fused-ring (bicyclic) bond motifs is 1. The van der Waals surface area contributed by atoms with Crippen LogP contribution in [0.5, 0.6) is 5.75 Å². The Bertz CT molecular complexity index is 508. The van der Waals surface area contributed by atoms with Gasteiger partial charge in [-0.2, -0.15) is 0 Å². The topological polar surface area (TPSA) is 80.4 Å². The van der Waals surface area contributed by atoms with Crippen molar-refractivity contribution >= 4 is 9.84 Å². The van der Waals surface area contributed by atoms with Gasteiger partial charge in [-0.05, 0) is 37.1 Å². The van der Waals surface area contributed by atoms with E-state index in [1.165, 1.54) is 18.2 Å². The predicted molar refractivity (Wildman–Crippen MR) is 61.2 cm³/mol. The summed E-state index contributed by atoms with van der Waals surface area (Å²) < 4.78 is 23.7. The first kappa shape index (κ1) is 11.4. The Morgan fingerprint density at radius 3 is 2.88 bits per heavy atom. The number of hydrogen-bond donors (Lipinski definition) is 2. The van der Waals surface area contributed by atoms with Gasteiger partial charge in [-0.1, -0.05) is 0 Å². The average molecular weight is 241 g/mol. The van der Waals surface area contributed by atoms with Crippen LogP contribution in [0.4, 0.5) is 0 Å². The fourth-order valence-electron chi connectivity index (χ4n) is 2.23. The summed E-state index contributed by atoms with van der Waals surface area (Å²) in [6.07, 6.45) is 0.621. The summed E-state index contributed by atoms with van der Waals surface area (Å²) in [6, 6.07) is 4.37. The van der Waals surface area contributed by atoms with Crippen molar-refractivity contribution in [1.82, 2.24) is 0 Å². The van der Waals surface area contributed by atoms with E-state index in [-0.39, 0.29) is 23.5 Å². The second-order valence-electron chi connectivity index (χ2n) is 4.41. The Balaban J connectivity index is 2.48. The van der Waals surface area contributed by atoms with Crippen LogP contribution >= 0.6 is 0 Å². The SMILES string of the molecule is CC(N)CC1CS(=O)(=O)c2ccc(O)cc21. The minimum Gasteiger partial charge on any atom is -0.508 e. The van der Waals surface area contributed by atoms with Crippen LogP contribution in [-0.4, -0.2) is 25.3 Å². The van der Waals surface area contributed by atoms with E-state index in [0.29, 0.717) is 16.9 Å². The van der Waals surface area contributed by atoms with Gasteiger partial charge in [-0.15, -0.1) is 0 Å². The van der Waals surface area contributed by atoms with Gasteiger partial charge in [0.1, 0.15) is 5.75 Å². The number of sulfone groups is 1. The standard InChI is InChI=1S/C11H15NO3S/c1-7(12)4-8-6-16(14,15)11-3-2-9(13)5-10(8)11/h2-3,5,7-8,13H,4,6,12H2,1H3. The van der Waals surface area contributed by atoms with Crippen LogP contribution in [0.25, 0.3) is 0 Å². The Morgan fingerprint density at radius 2 is 2.25 bits per heavy atom. The summed E-state index contributed by atoms with van der Waals surface area (Å²) in [6.45, 7) is 1.85. The molecule has 0 radical (unpaired) electrons. The molecule has 0 aromatic heterocycles. The lowest BCUT2D eigenvalue weighted by molar-refractivity contribution is 0.472. The van der Waals surface area contributed by atoms with Gasteiger partial charge in [0.05, 0.1) is 10.6 Å². The van der Waals surface area contributed by atoms with Crippen molar-refractivity contribution in [2.24, 2.45) is 5.73 Å². The first-order valence-corrected chi connectivity index (χ1v) is 6.86. The molecule has 2 atom stereocenters. The van der Waals surface area contributed by atoms with Gasteiger partial charge in [0, 0.05) is 12.0 Å². The van der Waals surface area contributed by atoms with E-state index in [2.05, 4.69) is 0 Å². The number of nitrogens with two attached hydrogens (primary N) is 1. The summed E-state index contributed by atoms with van der Waals surface area (Å²) in [4.78, 5) is 0.343. The van der Waals surface area contributed by atoms with Crippen molar-refractivity contribution in [3.05, 3.63) is 23.8 Å². The fourth-order valence-corrected chi connectivity index (χ4v) is 4.11. The summed E-state index contributed by atoms with van der Waals surface area (Å²) in [5, 5.41) is 9.39. The molecular formula is C11H15NO3S. The maximum absolute atomic E-state index is 11.8. The van der Waals surface area contributed by atoms with Gasteiger partial charge < -0.3 is 10.8 Å². The third kappa shape index (κ3) is 1.92. The number of aromatic hydroxyl groups is 1. The highest BCUT2D eigenvalue weighted by atomic mass is 32.2. The number of phenols is 1. The first-order valence-electron chi connectivity index (χ1n) is 5.21. The van der Waals surface area contributed by atoms with E-state index in [4.69, 9.17) is 5.73 Å². The zero-order valence-electron chi connectivity index (χ0n) is 9.05. The van der Waals surface area contributed by atoms with E-state index in [9.17, 15) is 13.5 Å². The third-order valence-electron chi connectivity index (χ3n) is 2.85. The molecular weight excluding hydrogens is 226 g/mol. The van der Waals surface area contributed by atoms with Crippen LogP contribution in [0.2, 0.25) is 0 Å². The normalized spacial score (nSPS) is 24.0. The molecule has 2 rings (SSSR count). The third-order valence-corrected chi connectivity index (χ3v) is 4.73. The molecule has 4 nitrogen and oxygen atoms in total. The van der Waals surface area contributed by atoms with Crippen LogP contribution in [0.15, 0.2) is 23.1 Å². The maximum atomic E-state index is 11.8. The molecule has 0 aliphatic carbocycles. The summed E-state index contributed by atoms with van der Waals surface area (Å²) in [5.41, 5.74) is 6.40. The van der Waals surface area contributed by atoms with Gasteiger partial charge in [0.2, 0.25) is 0 Å². The number of rotatable bonds is 2. The van der Waals surface area contributed by atoms with E-state index in [0.717, 1.165) is 0 Å². The largest absolute Gasteiger partial charge is 0.508 e. The Morgan fingerprint density at radius 1 is 1.56 bits per heavy atom. The molecule has 0 spiro atoms. The van der Waals surface area contributed by atoms with E-state index in [1.807, 2.05) is 6.92 Å². The van der Waals surface area contributed by atoms with E-state index >= 15 is 0 Å². The molecule has 0 saturated carbocycles. The lowest BCUT2D eigenvalue weighted by Crippen LogP contribution is -2.19. The van der Waals surface area contributed by atoms with E-state index in [1.54, 1.807) is 0 Å². The van der Waals surface area contributed by atoms with Gasteiger partial charge in [0.25, 0.3) is 0 Å². The highest BCUT2D eigenvalue weighted by Crippen LogP contribution is 2.38. The monoisotopic (exact) mass is 241 g/mol. The summed E-state index contributed by atoms with van der Waals surface area (Å²) in [7, 11) is -3.18. The molecule has 1 aliphatic rings. The highest BCUT2D eigenvalue weighted by molar-refractivity contribution is 7.91. The molecule has 0 amide bonds. The van der Waals surface area contributed by atoms with Gasteiger partial charge in [-0.25, -0.2) is 8.42 Å². The average Bonchev–Trinajstić information content (AvgIpc) is 2.37. The molecule has 16 heavy (non-hydrogen) atoms. The molecule has 1 aliphatic heterocycles. The molecule has 0 fully saturated rings. The molecule has 0 saturated heterocycles. The zero-order chi connectivity index (χ0) is 11.9.